The molecule has 4 heteroatoms. The molecule has 2 nitrogen and oxygen atoms in total. The molecule has 1 aromatic rings. The number of hydrogen-bond donors (Lipinski definition) is 1. The van der Waals surface area contributed by atoms with Gasteiger partial charge in [-0.05, 0) is 42.9 Å². The topological polar surface area (TPSA) is 29.1 Å². The SMILES string of the molecule is CCP(=O)(CC)C(NC1CCCCC1)c1ccc(Cl)cc1. The lowest BCUT2D eigenvalue weighted by molar-refractivity contribution is 0.363. The van der Waals surface area contributed by atoms with Crippen molar-refractivity contribution >= 4 is 18.7 Å². The van der Waals surface area contributed by atoms with Gasteiger partial charge in [0.15, 0.2) is 0 Å². The van der Waals surface area contributed by atoms with Crippen LogP contribution in [0.3, 0.4) is 0 Å². The Bertz CT molecular complexity index is 474. The first-order chi connectivity index (χ1) is 10.1. The lowest BCUT2D eigenvalue weighted by Gasteiger charge is -2.33. The molecule has 1 saturated carbocycles. The fourth-order valence-corrected chi connectivity index (χ4v) is 5.73. The maximum Gasteiger partial charge on any atom is 0.108 e. The molecule has 0 aromatic heterocycles. The third-order valence-corrected chi connectivity index (χ3v) is 8.51. The molecule has 118 valence electrons. The minimum Gasteiger partial charge on any atom is -0.322 e. The van der Waals surface area contributed by atoms with Crippen LogP contribution in [0.4, 0.5) is 0 Å². The minimum absolute atomic E-state index is 0.0205. The summed E-state index contributed by atoms with van der Waals surface area (Å²) in [6.45, 7) is 4.10. The van der Waals surface area contributed by atoms with Gasteiger partial charge in [-0.15, -0.1) is 0 Å². The average Bonchev–Trinajstić information content (AvgIpc) is 2.54. The number of halogens is 1. The van der Waals surface area contributed by atoms with E-state index in [9.17, 15) is 4.57 Å². The second-order valence-corrected chi connectivity index (χ2v) is 10.2. The van der Waals surface area contributed by atoms with Gasteiger partial charge >= 0.3 is 0 Å². The van der Waals surface area contributed by atoms with Crippen LogP contribution in [0.15, 0.2) is 24.3 Å². The summed E-state index contributed by atoms with van der Waals surface area (Å²) in [6.07, 6.45) is 7.81. The lowest BCUT2D eigenvalue weighted by atomic mass is 9.95. The Hall–Kier alpha value is -0.300. The number of rotatable bonds is 6. The highest BCUT2D eigenvalue weighted by Gasteiger charge is 2.32. The Balaban J connectivity index is 2.25. The van der Waals surface area contributed by atoms with Crippen molar-refractivity contribution in [3.05, 3.63) is 34.9 Å². The van der Waals surface area contributed by atoms with Crippen molar-refractivity contribution in [3.8, 4) is 0 Å². The predicted molar refractivity (Wildman–Crippen MR) is 92.9 cm³/mol. The molecule has 1 atom stereocenters. The van der Waals surface area contributed by atoms with Gasteiger partial charge in [-0.2, -0.15) is 0 Å². The van der Waals surface area contributed by atoms with Gasteiger partial charge < -0.3 is 9.88 Å². The van der Waals surface area contributed by atoms with E-state index in [1.54, 1.807) is 0 Å². The van der Waals surface area contributed by atoms with Gasteiger partial charge in [-0.25, -0.2) is 0 Å². The van der Waals surface area contributed by atoms with Gasteiger partial charge in [-0.3, -0.25) is 0 Å². The number of benzene rings is 1. The van der Waals surface area contributed by atoms with Crippen LogP contribution in [0.25, 0.3) is 0 Å². The molecule has 0 heterocycles. The largest absolute Gasteiger partial charge is 0.322 e. The van der Waals surface area contributed by atoms with Crippen LogP contribution in [-0.2, 0) is 4.57 Å². The number of nitrogens with one attached hydrogen (secondary N) is 1. The molecule has 1 N–H and O–H groups in total. The van der Waals surface area contributed by atoms with Crippen LogP contribution >= 0.6 is 18.7 Å². The first-order valence-corrected chi connectivity index (χ1v) is 10.7. The minimum atomic E-state index is -2.25. The Morgan fingerprint density at radius 3 is 2.24 bits per heavy atom. The van der Waals surface area contributed by atoms with E-state index in [4.69, 9.17) is 11.6 Å². The molecular weight excluding hydrogens is 301 g/mol. The highest BCUT2D eigenvalue weighted by Crippen LogP contribution is 2.57. The molecule has 1 fully saturated rings. The van der Waals surface area contributed by atoms with E-state index >= 15 is 0 Å². The van der Waals surface area contributed by atoms with E-state index in [2.05, 4.69) is 19.2 Å². The van der Waals surface area contributed by atoms with E-state index in [0.717, 1.165) is 22.9 Å². The molecule has 0 aliphatic heterocycles. The first kappa shape index (κ1) is 17.1. The summed E-state index contributed by atoms with van der Waals surface area (Å²) < 4.78 is 13.3. The monoisotopic (exact) mass is 327 g/mol. The van der Waals surface area contributed by atoms with Crippen LogP contribution in [0.2, 0.25) is 5.02 Å². The van der Waals surface area contributed by atoms with Crippen molar-refractivity contribution in [3.63, 3.8) is 0 Å². The van der Waals surface area contributed by atoms with E-state index in [1.807, 2.05) is 24.3 Å². The standard InChI is InChI=1S/C17H27ClNOP/c1-3-21(20,4-2)17(14-10-12-15(18)13-11-14)19-16-8-6-5-7-9-16/h10-13,16-17,19H,3-9H2,1-2H3. The van der Waals surface area contributed by atoms with Crippen LogP contribution in [0, 0.1) is 0 Å². The highest BCUT2D eigenvalue weighted by molar-refractivity contribution is 7.64. The molecule has 21 heavy (non-hydrogen) atoms. The van der Waals surface area contributed by atoms with Crippen molar-refractivity contribution in [2.45, 2.75) is 57.8 Å². The molecule has 1 unspecified atom stereocenters. The fraction of sp³-hybridized carbons (Fsp3) is 0.647. The van der Waals surface area contributed by atoms with Crippen LogP contribution in [-0.4, -0.2) is 18.4 Å². The zero-order valence-electron chi connectivity index (χ0n) is 13.1. The molecule has 1 aliphatic carbocycles. The van der Waals surface area contributed by atoms with Crippen LogP contribution in [0.5, 0.6) is 0 Å². The Morgan fingerprint density at radius 2 is 1.71 bits per heavy atom. The van der Waals surface area contributed by atoms with Crippen molar-refractivity contribution in [2.75, 3.05) is 12.3 Å². The zero-order chi connectivity index (χ0) is 15.3. The molecule has 0 amide bonds. The second kappa shape index (κ2) is 7.81. The normalized spacial score (nSPS) is 18.6. The van der Waals surface area contributed by atoms with E-state index < -0.39 is 7.14 Å². The third kappa shape index (κ3) is 4.34. The van der Waals surface area contributed by atoms with Gasteiger partial charge in [0.05, 0.1) is 5.78 Å². The summed E-state index contributed by atoms with van der Waals surface area (Å²) in [6, 6.07) is 8.37. The molecule has 0 spiro atoms. The summed E-state index contributed by atoms with van der Waals surface area (Å²) >= 11 is 6.00. The molecule has 1 aliphatic rings. The first-order valence-electron chi connectivity index (χ1n) is 8.18. The molecule has 0 saturated heterocycles. The summed E-state index contributed by atoms with van der Waals surface area (Å²) in [7, 11) is -2.25. The Kier molecular flexibility index (Phi) is 6.34. The van der Waals surface area contributed by atoms with Gasteiger partial charge in [0.1, 0.15) is 7.14 Å². The Labute approximate surface area is 134 Å². The van der Waals surface area contributed by atoms with Crippen molar-refractivity contribution in [2.24, 2.45) is 0 Å². The summed E-state index contributed by atoms with van der Waals surface area (Å²) in [4.78, 5) is 0. The maximum absolute atomic E-state index is 13.3. The lowest BCUT2D eigenvalue weighted by Crippen LogP contribution is -2.35. The maximum atomic E-state index is 13.3. The molecule has 0 radical (unpaired) electrons. The quantitative estimate of drug-likeness (QED) is 0.683. The van der Waals surface area contributed by atoms with Gasteiger partial charge in [-0.1, -0.05) is 56.8 Å². The third-order valence-electron chi connectivity index (χ3n) is 4.73. The van der Waals surface area contributed by atoms with Crippen LogP contribution < -0.4 is 5.32 Å². The number of hydrogen-bond acceptors (Lipinski definition) is 2. The Morgan fingerprint density at radius 1 is 1.14 bits per heavy atom. The van der Waals surface area contributed by atoms with Gasteiger partial charge in [0, 0.05) is 11.1 Å². The van der Waals surface area contributed by atoms with Crippen molar-refractivity contribution in [1.29, 1.82) is 0 Å². The van der Waals surface area contributed by atoms with E-state index in [1.165, 1.54) is 32.1 Å². The molecule has 2 rings (SSSR count). The van der Waals surface area contributed by atoms with E-state index in [-0.39, 0.29) is 5.78 Å². The van der Waals surface area contributed by atoms with Gasteiger partial charge in [0.2, 0.25) is 0 Å². The predicted octanol–water partition coefficient (Wildman–Crippen LogP) is 5.66. The fourth-order valence-electron chi connectivity index (χ4n) is 3.23. The van der Waals surface area contributed by atoms with Gasteiger partial charge in [0.25, 0.3) is 0 Å². The highest BCUT2D eigenvalue weighted by atomic mass is 35.5. The smallest absolute Gasteiger partial charge is 0.108 e. The molecular formula is C17H27ClNOP. The second-order valence-electron chi connectivity index (χ2n) is 6.04. The summed E-state index contributed by atoms with van der Waals surface area (Å²) in [5, 5.41) is 4.46. The zero-order valence-corrected chi connectivity index (χ0v) is 14.8. The van der Waals surface area contributed by atoms with Crippen molar-refractivity contribution < 1.29 is 4.57 Å². The molecule has 1 aromatic carbocycles. The summed E-state index contributed by atoms with van der Waals surface area (Å²) in [5.74, 6) is -0.0205. The van der Waals surface area contributed by atoms with E-state index in [0.29, 0.717) is 6.04 Å². The average molecular weight is 328 g/mol. The van der Waals surface area contributed by atoms with Crippen molar-refractivity contribution in [1.82, 2.24) is 5.32 Å². The molecule has 0 bridgehead atoms. The summed E-state index contributed by atoms with van der Waals surface area (Å²) in [5.41, 5.74) is 1.12. The van der Waals surface area contributed by atoms with Crippen LogP contribution in [0.1, 0.15) is 57.3 Å².